The van der Waals surface area contributed by atoms with Crippen molar-refractivity contribution in [3.05, 3.63) is 58.7 Å². The summed E-state index contributed by atoms with van der Waals surface area (Å²) in [6, 6.07) is 13.3. The molecule has 0 atom stereocenters. The number of halogens is 2. The van der Waals surface area contributed by atoms with Crippen molar-refractivity contribution in [2.45, 2.75) is 53.4 Å². The van der Waals surface area contributed by atoms with Crippen LogP contribution in [0.1, 0.15) is 48.9 Å². The second-order valence-electron chi connectivity index (χ2n) is 5.09. The molecule has 4 heteroatoms. The largest absolute Gasteiger partial charge is 4.00 e. The van der Waals surface area contributed by atoms with E-state index >= 15 is 0 Å². The minimum Gasteiger partial charge on any atom is -1.00 e. The zero-order valence-corrected chi connectivity index (χ0v) is 19.6. The number of hydrogen-bond acceptors (Lipinski definition) is 0. The fraction of sp³-hybridized carbons (Fsp3) is 0.444. The van der Waals surface area contributed by atoms with E-state index in [9.17, 15) is 0 Å². The Bertz CT molecular complexity index is 407. The van der Waals surface area contributed by atoms with Gasteiger partial charge in [-0.05, 0) is 11.0 Å². The Morgan fingerprint density at radius 1 is 0.773 bits per heavy atom. The molecule has 2 aromatic rings. The van der Waals surface area contributed by atoms with E-state index in [0.717, 1.165) is 0 Å². The quantitative estimate of drug-likeness (QED) is 0.424. The van der Waals surface area contributed by atoms with E-state index in [2.05, 4.69) is 64.1 Å². The molecule has 0 aliphatic rings. The molecule has 1 radical (unpaired) electrons. The van der Waals surface area contributed by atoms with Crippen LogP contribution in [0.15, 0.2) is 36.4 Å². The van der Waals surface area contributed by atoms with Crippen LogP contribution in [0.3, 0.4) is 0 Å². The molecule has 0 bridgehead atoms. The molecular weight excluding hydrogens is 363 g/mol. The maximum atomic E-state index is 2.25. The maximum absolute atomic E-state index is 2.25. The smallest absolute Gasteiger partial charge is 1.00 e. The first-order chi connectivity index (χ1) is 8.65. The van der Waals surface area contributed by atoms with Crippen LogP contribution in [0.25, 0.3) is 0 Å². The van der Waals surface area contributed by atoms with Crippen LogP contribution in [0, 0.1) is 13.8 Å². The van der Waals surface area contributed by atoms with Gasteiger partial charge in [0.15, 0.2) is 0 Å². The second-order valence-corrected chi connectivity index (χ2v) is 5.09. The summed E-state index contributed by atoms with van der Waals surface area (Å²) in [5.41, 5.74) is 5.74. The molecule has 22 heavy (non-hydrogen) atoms. The van der Waals surface area contributed by atoms with Crippen molar-refractivity contribution in [3.8, 4) is 0 Å². The Hall–Kier alpha value is 0.211. The fourth-order valence-electron chi connectivity index (χ4n) is 2.14. The fourth-order valence-corrected chi connectivity index (χ4v) is 2.14. The Morgan fingerprint density at radius 2 is 1.09 bits per heavy atom. The van der Waals surface area contributed by atoms with Crippen LogP contribution >= 0.6 is 0 Å². The van der Waals surface area contributed by atoms with Crippen molar-refractivity contribution in [1.29, 1.82) is 0 Å². The van der Waals surface area contributed by atoms with Gasteiger partial charge in [0.1, 0.15) is 0 Å². The monoisotopic (exact) mass is 391 g/mol. The maximum Gasteiger partial charge on any atom is 4.00 e. The predicted octanol–water partition coefficient (Wildman–Crippen LogP) is -1.85. The molecule has 2 aromatic carbocycles. The SMILES string of the molecule is CCC[c-]1ccc(C)c1.CCC[c-]1ccc(C)c1.[Cl-].[Cl-].[SiH3].[Ti+4]. The van der Waals surface area contributed by atoms with Crippen LogP contribution < -0.4 is 24.8 Å². The summed E-state index contributed by atoms with van der Waals surface area (Å²) in [4.78, 5) is 0. The zero-order chi connectivity index (χ0) is 13.4. The van der Waals surface area contributed by atoms with Crippen molar-refractivity contribution < 1.29 is 46.5 Å². The van der Waals surface area contributed by atoms with Crippen molar-refractivity contribution in [2.24, 2.45) is 0 Å². The van der Waals surface area contributed by atoms with E-state index in [0.29, 0.717) is 0 Å². The van der Waals surface area contributed by atoms with Gasteiger partial charge < -0.3 is 24.8 Å². The van der Waals surface area contributed by atoms with Crippen molar-refractivity contribution >= 4 is 11.0 Å². The minimum atomic E-state index is 0. The van der Waals surface area contributed by atoms with Gasteiger partial charge in [0.25, 0.3) is 0 Å². The molecule has 0 unspecified atom stereocenters. The summed E-state index contributed by atoms with van der Waals surface area (Å²) in [5, 5.41) is 0. The molecule has 0 saturated heterocycles. The number of rotatable bonds is 4. The first-order valence-electron chi connectivity index (χ1n) is 7.10. The van der Waals surface area contributed by atoms with E-state index in [1.165, 1.54) is 47.9 Å². The van der Waals surface area contributed by atoms with E-state index in [-0.39, 0.29) is 57.5 Å². The Morgan fingerprint density at radius 3 is 1.27 bits per heavy atom. The molecule has 0 amide bonds. The molecule has 0 aromatic heterocycles. The second kappa shape index (κ2) is 17.6. The first-order valence-corrected chi connectivity index (χ1v) is 7.10. The summed E-state index contributed by atoms with van der Waals surface area (Å²) in [7, 11) is 0. The molecule has 123 valence electrons. The predicted molar refractivity (Wildman–Crippen MR) is 91.5 cm³/mol. The molecule has 0 fully saturated rings. The molecule has 0 saturated carbocycles. The molecule has 0 spiro atoms. The van der Waals surface area contributed by atoms with Crippen LogP contribution in [0.2, 0.25) is 0 Å². The van der Waals surface area contributed by atoms with E-state index in [1.54, 1.807) is 0 Å². The molecule has 0 nitrogen and oxygen atoms in total. The van der Waals surface area contributed by atoms with Crippen LogP contribution in [0.4, 0.5) is 0 Å². The third-order valence-electron chi connectivity index (χ3n) is 3.02. The Balaban J connectivity index is -0.000000125. The summed E-state index contributed by atoms with van der Waals surface area (Å²) in [6.45, 7) is 8.70. The minimum absolute atomic E-state index is 0. The number of hydrogen-bond donors (Lipinski definition) is 0. The molecule has 0 heterocycles. The van der Waals surface area contributed by atoms with Gasteiger partial charge in [-0.2, -0.15) is 35.4 Å². The summed E-state index contributed by atoms with van der Waals surface area (Å²) in [6.07, 6.45) is 4.97. The molecule has 2 rings (SSSR count). The van der Waals surface area contributed by atoms with Crippen LogP contribution in [-0.2, 0) is 34.6 Å². The van der Waals surface area contributed by atoms with Gasteiger partial charge >= 0.3 is 21.7 Å². The van der Waals surface area contributed by atoms with Gasteiger partial charge in [-0.25, -0.2) is 23.3 Å². The van der Waals surface area contributed by atoms with Crippen molar-refractivity contribution in [1.82, 2.24) is 0 Å². The van der Waals surface area contributed by atoms with Gasteiger partial charge in [0.2, 0.25) is 0 Å². The molecular formula is C18H29Cl2SiTi. The molecule has 0 aliphatic carbocycles. The first kappa shape index (κ1) is 30.1. The Kier molecular flexibility index (Phi) is 24.1. The topological polar surface area (TPSA) is 0 Å². The Labute approximate surface area is 168 Å². The van der Waals surface area contributed by atoms with Gasteiger partial charge in [-0.3, -0.25) is 0 Å². The van der Waals surface area contributed by atoms with E-state index in [1.807, 2.05) is 0 Å². The average molecular weight is 392 g/mol. The average Bonchev–Trinajstić information content (AvgIpc) is 2.90. The molecule has 0 N–H and O–H groups in total. The van der Waals surface area contributed by atoms with Crippen LogP contribution in [-0.4, -0.2) is 11.0 Å². The van der Waals surface area contributed by atoms with Gasteiger partial charge in [-0.15, -0.1) is 0 Å². The summed E-state index contributed by atoms with van der Waals surface area (Å²) < 4.78 is 0. The third-order valence-corrected chi connectivity index (χ3v) is 3.02. The summed E-state index contributed by atoms with van der Waals surface area (Å²) >= 11 is 0. The normalized spacial score (nSPS) is 8.18. The van der Waals surface area contributed by atoms with Crippen LogP contribution in [0.5, 0.6) is 0 Å². The zero-order valence-electron chi connectivity index (χ0n) is 14.5. The van der Waals surface area contributed by atoms with E-state index in [4.69, 9.17) is 0 Å². The van der Waals surface area contributed by atoms with Gasteiger partial charge in [0.05, 0.1) is 0 Å². The van der Waals surface area contributed by atoms with Gasteiger partial charge in [0, 0.05) is 0 Å². The van der Waals surface area contributed by atoms with E-state index < -0.39 is 0 Å². The van der Waals surface area contributed by atoms with Gasteiger partial charge in [-0.1, -0.05) is 53.4 Å². The molecule has 0 aliphatic heterocycles. The van der Waals surface area contributed by atoms with Crippen molar-refractivity contribution in [2.75, 3.05) is 0 Å². The van der Waals surface area contributed by atoms with Crippen molar-refractivity contribution in [3.63, 3.8) is 0 Å². The summed E-state index contributed by atoms with van der Waals surface area (Å²) in [5.74, 6) is 0. The number of aryl methyl sites for hydroxylation is 4. The third kappa shape index (κ3) is 12.7. The standard InChI is InChI=1S/2C9H13.2ClH.H3Si.Ti/c2*1-3-4-9-6-5-8(2)7-9;;;;/h2*5-7H,3-4H2,1-2H3;2*1H;1H3;/q2*-1;;;;+4/p-2.